The van der Waals surface area contributed by atoms with Gasteiger partial charge in [-0.1, -0.05) is 0 Å². The summed E-state index contributed by atoms with van der Waals surface area (Å²) in [6, 6.07) is 3.48. The Hall–Kier alpha value is -2.85. The molecule has 0 saturated carbocycles. The number of carbonyl (C=O) groups is 1. The first kappa shape index (κ1) is 32.4. The van der Waals surface area contributed by atoms with E-state index >= 15 is 0 Å². The summed E-state index contributed by atoms with van der Waals surface area (Å²) in [6.45, 7) is 6.34. The molecule has 2 aromatic rings. The molecule has 0 radical (unpaired) electrons. The molecular weight excluding hydrogens is 630 g/mol. The number of hydrogen-bond acceptors (Lipinski definition) is 8. The molecule has 2 heterocycles. The van der Waals surface area contributed by atoms with Crippen molar-refractivity contribution in [3.05, 3.63) is 52.6 Å². The normalized spacial score (nSPS) is 13.6. The number of aromatic nitrogens is 2. The fraction of sp³-hybridized carbons (Fsp3) is 0.480. The lowest BCUT2D eigenvalue weighted by Gasteiger charge is -2.31. The van der Waals surface area contributed by atoms with Gasteiger partial charge in [0.15, 0.2) is 12.1 Å². The lowest BCUT2D eigenvalue weighted by molar-refractivity contribution is -0.141. The van der Waals surface area contributed by atoms with Crippen molar-refractivity contribution >= 4 is 35.3 Å². The Morgan fingerprint density at radius 1 is 1.31 bits per heavy atom. The largest absolute Gasteiger partial charge is 0.482 e. The SMILES string of the molecule is CCN/C=C(\N)CN1CCc2c(cc(CN(C)CCOC=N)cc2-c2cn(CC)nc2C(F)(F)F)C1=O.OI. The van der Waals surface area contributed by atoms with E-state index in [1.165, 1.54) is 10.9 Å². The third kappa shape index (κ3) is 8.57. The van der Waals surface area contributed by atoms with Gasteiger partial charge in [-0.15, -0.1) is 0 Å². The topological polar surface area (TPSA) is 133 Å². The van der Waals surface area contributed by atoms with Crippen molar-refractivity contribution < 1.29 is 26.1 Å². The molecule has 1 aliphatic heterocycles. The van der Waals surface area contributed by atoms with Crippen molar-refractivity contribution in [2.75, 3.05) is 39.8 Å². The van der Waals surface area contributed by atoms with Crippen LogP contribution in [-0.2, 0) is 30.4 Å². The van der Waals surface area contributed by atoms with Crippen molar-refractivity contribution in [2.24, 2.45) is 5.73 Å². The Balaban J connectivity index is 0.00000260. The number of carbonyl (C=O) groups excluding carboxylic acids is 1. The second-order valence-corrected chi connectivity index (χ2v) is 8.89. The first-order valence-corrected chi connectivity index (χ1v) is 13.3. The number of rotatable bonds is 12. The maximum absolute atomic E-state index is 14.0. The Morgan fingerprint density at radius 2 is 2.00 bits per heavy atom. The van der Waals surface area contributed by atoms with E-state index in [2.05, 4.69) is 10.4 Å². The summed E-state index contributed by atoms with van der Waals surface area (Å²) in [5.74, 6) is -0.275. The minimum absolute atomic E-state index is 0.0324. The van der Waals surface area contributed by atoms with E-state index in [1.54, 1.807) is 30.2 Å². The van der Waals surface area contributed by atoms with Gasteiger partial charge in [0.25, 0.3) is 5.91 Å². The summed E-state index contributed by atoms with van der Waals surface area (Å²) in [5.41, 5.74) is 7.57. The number of nitrogens with two attached hydrogens (primary N) is 1. The molecule has 0 fully saturated rings. The summed E-state index contributed by atoms with van der Waals surface area (Å²) in [4.78, 5) is 17.0. The van der Waals surface area contributed by atoms with Crippen LogP contribution in [0.2, 0.25) is 0 Å². The van der Waals surface area contributed by atoms with Crippen molar-refractivity contribution in [3.8, 4) is 11.1 Å². The number of benzene rings is 1. The molecule has 10 nitrogen and oxygen atoms in total. The van der Waals surface area contributed by atoms with E-state index in [0.717, 1.165) is 29.4 Å². The Bertz CT molecular complexity index is 1150. The van der Waals surface area contributed by atoms with Crippen LogP contribution in [0.25, 0.3) is 11.1 Å². The molecule has 39 heavy (non-hydrogen) atoms. The zero-order valence-corrected chi connectivity index (χ0v) is 24.3. The fourth-order valence-corrected chi connectivity index (χ4v) is 4.34. The van der Waals surface area contributed by atoms with E-state index in [1.807, 2.05) is 18.9 Å². The van der Waals surface area contributed by atoms with Gasteiger partial charge in [-0.3, -0.25) is 19.8 Å². The Morgan fingerprint density at radius 3 is 2.62 bits per heavy atom. The van der Waals surface area contributed by atoms with Gasteiger partial charge in [0.05, 0.1) is 6.54 Å². The van der Waals surface area contributed by atoms with Gasteiger partial charge >= 0.3 is 6.18 Å². The Kier molecular flexibility index (Phi) is 12.5. The van der Waals surface area contributed by atoms with Gasteiger partial charge in [-0.25, -0.2) is 0 Å². The van der Waals surface area contributed by atoms with Gasteiger partial charge in [0, 0.05) is 61.9 Å². The second-order valence-electron chi connectivity index (χ2n) is 8.89. The molecule has 0 aliphatic carbocycles. The minimum atomic E-state index is -4.64. The summed E-state index contributed by atoms with van der Waals surface area (Å²) in [6.07, 6.45) is -0.334. The quantitative estimate of drug-likeness (QED) is 0.118. The molecule has 0 spiro atoms. The fourth-order valence-electron chi connectivity index (χ4n) is 4.34. The molecule has 0 bridgehead atoms. The standard InChI is InChI=1S/C25H34F3N7O2.HIO/c1-4-31-12-18(30)14-34-7-6-19-20(22-15-35(5-2)32-23(22)25(26,27)28)10-17(11-21(19)24(34)36)13-33(3)8-9-37-16-29;1-2/h10-12,15-16,29,31H,4-9,13-14,30H2,1-3H3;2H/b18-12-,29-16?;. The third-order valence-electron chi connectivity index (χ3n) is 6.10. The molecule has 14 heteroatoms. The predicted octanol–water partition coefficient (Wildman–Crippen LogP) is 3.38. The molecule has 0 saturated heterocycles. The molecule has 1 aromatic carbocycles. The number of alkyl halides is 3. The van der Waals surface area contributed by atoms with Gasteiger partial charge < -0.3 is 24.1 Å². The predicted molar refractivity (Wildman–Crippen MR) is 151 cm³/mol. The first-order valence-electron chi connectivity index (χ1n) is 12.3. The zero-order chi connectivity index (χ0) is 29.2. The summed E-state index contributed by atoms with van der Waals surface area (Å²) >= 11 is 1.15. The lowest BCUT2D eigenvalue weighted by atomic mass is 9.88. The molecule has 1 aliphatic rings. The number of hydrogen-bond donors (Lipinski definition) is 4. The van der Waals surface area contributed by atoms with Crippen LogP contribution in [-0.4, -0.2) is 75.2 Å². The molecule has 0 atom stereocenters. The molecule has 3 rings (SSSR count). The van der Waals surface area contributed by atoms with E-state index in [4.69, 9.17) is 19.3 Å². The maximum atomic E-state index is 14.0. The monoisotopic (exact) mass is 665 g/mol. The van der Waals surface area contributed by atoms with Crippen molar-refractivity contribution in [2.45, 2.75) is 39.5 Å². The highest BCUT2D eigenvalue weighted by molar-refractivity contribution is 14.1. The van der Waals surface area contributed by atoms with Gasteiger partial charge in [0.1, 0.15) is 29.6 Å². The maximum Gasteiger partial charge on any atom is 0.435 e. The van der Waals surface area contributed by atoms with Gasteiger partial charge in [0.2, 0.25) is 0 Å². The second kappa shape index (κ2) is 15.1. The van der Waals surface area contributed by atoms with E-state index in [9.17, 15) is 18.0 Å². The van der Waals surface area contributed by atoms with Crippen molar-refractivity contribution in [3.63, 3.8) is 0 Å². The van der Waals surface area contributed by atoms with E-state index < -0.39 is 11.9 Å². The zero-order valence-electron chi connectivity index (χ0n) is 22.2. The molecule has 1 amide bonds. The highest BCUT2D eigenvalue weighted by Crippen LogP contribution is 2.40. The van der Waals surface area contributed by atoms with Crippen LogP contribution < -0.4 is 11.1 Å². The van der Waals surface area contributed by atoms with E-state index in [-0.39, 0.29) is 24.6 Å². The first-order chi connectivity index (χ1) is 18.6. The van der Waals surface area contributed by atoms with Crippen LogP contribution >= 0.6 is 23.0 Å². The average molecular weight is 665 g/mol. The molecule has 5 N–H and O–H groups in total. The highest BCUT2D eigenvalue weighted by Gasteiger charge is 2.39. The summed E-state index contributed by atoms with van der Waals surface area (Å²) in [7, 11) is 1.84. The Labute approximate surface area is 240 Å². The smallest absolute Gasteiger partial charge is 0.435 e. The number of fused-ring (bicyclic) bond motifs is 1. The van der Waals surface area contributed by atoms with Crippen LogP contribution in [0.1, 0.15) is 41.0 Å². The summed E-state index contributed by atoms with van der Waals surface area (Å²) in [5, 5.41) is 13.8. The van der Waals surface area contributed by atoms with Gasteiger partial charge in [-0.05, 0) is 56.1 Å². The van der Waals surface area contributed by atoms with Crippen LogP contribution in [0, 0.1) is 5.41 Å². The number of halogens is 4. The number of amides is 1. The van der Waals surface area contributed by atoms with Crippen LogP contribution in [0.5, 0.6) is 0 Å². The number of nitrogens with one attached hydrogen (secondary N) is 2. The highest BCUT2D eigenvalue weighted by atomic mass is 127. The molecule has 0 unspecified atom stereocenters. The van der Waals surface area contributed by atoms with Crippen molar-refractivity contribution in [1.82, 2.24) is 24.9 Å². The van der Waals surface area contributed by atoms with Crippen LogP contribution in [0.4, 0.5) is 13.2 Å². The van der Waals surface area contributed by atoms with Crippen molar-refractivity contribution in [1.29, 1.82) is 5.41 Å². The summed E-state index contributed by atoms with van der Waals surface area (Å²) < 4.78 is 55.1. The van der Waals surface area contributed by atoms with E-state index in [0.29, 0.717) is 67.2 Å². The number of nitrogens with zero attached hydrogens (tertiary/aromatic N) is 4. The van der Waals surface area contributed by atoms with Gasteiger partial charge in [-0.2, -0.15) is 18.3 Å². The minimum Gasteiger partial charge on any atom is -0.482 e. The third-order valence-corrected chi connectivity index (χ3v) is 6.10. The number of ether oxygens (including phenoxy) is 1. The molecule has 1 aromatic heterocycles. The number of aryl methyl sites for hydroxylation is 1. The molecular formula is C25H35F3IN7O3. The van der Waals surface area contributed by atoms with Crippen LogP contribution in [0.15, 0.2) is 30.2 Å². The molecule has 216 valence electrons. The van der Waals surface area contributed by atoms with Crippen LogP contribution in [0.3, 0.4) is 0 Å². The average Bonchev–Trinajstić information content (AvgIpc) is 3.36. The number of likely N-dealkylation sites (N-methyl/N-ethyl adjacent to an activating group) is 1. The lowest BCUT2D eigenvalue weighted by Crippen LogP contribution is -2.40.